The van der Waals surface area contributed by atoms with Gasteiger partial charge in [0.15, 0.2) is 0 Å². The molecule has 0 radical (unpaired) electrons. The quantitative estimate of drug-likeness (QED) is 0.804. The maximum absolute atomic E-state index is 12.7. The Morgan fingerprint density at radius 2 is 2.08 bits per heavy atom. The van der Waals surface area contributed by atoms with Gasteiger partial charge in [-0.05, 0) is 31.7 Å². The average Bonchev–Trinajstić information content (AvgIpc) is 2.89. The number of amides is 1. The number of hydrogen-bond acceptors (Lipinski definition) is 4. The molecule has 134 valence electrons. The van der Waals surface area contributed by atoms with E-state index < -0.39 is 27.9 Å². The highest BCUT2D eigenvalue weighted by atomic mass is 32.2. The van der Waals surface area contributed by atoms with Gasteiger partial charge in [-0.1, -0.05) is 6.92 Å². The van der Waals surface area contributed by atoms with Gasteiger partial charge in [-0.25, -0.2) is 8.42 Å². The number of carbonyl (C=O) groups is 2. The molecule has 2 rings (SSSR count). The number of hydrogen-bond donors (Lipinski definition) is 2. The Morgan fingerprint density at radius 1 is 1.42 bits per heavy atom. The van der Waals surface area contributed by atoms with Crippen LogP contribution in [0.15, 0.2) is 17.2 Å². The first kappa shape index (κ1) is 18.5. The Balaban J connectivity index is 2.24. The third-order valence-electron chi connectivity index (χ3n) is 4.19. The molecule has 9 heteroatoms. The van der Waals surface area contributed by atoms with Crippen LogP contribution in [0.4, 0.5) is 0 Å². The van der Waals surface area contributed by atoms with Gasteiger partial charge in [0.25, 0.3) is 5.91 Å². The van der Waals surface area contributed by atoms with Crippen molar-refractivity contribution in [2.75, 3.05) is 13.1 Å². The molecular weight excluding hydrogens is 334 g/mol. The molecule has 1 aliphatic rings. The van der Waals surface area contributed by atoms with E-state index in [4.69, 9.17) is 5.11 Å². The minimum absolute atomic E-state index is 0.0484. The van der Waals surface area contributed by atoms with Gasteiger partial charge in [0.1, 0.15) is 16.6 Å². The second-order valence-electron chi connectivity index (χ2n) is 6.32. The summed E-state index contributed by atoms with van der Waals surface area (Å²) in [6, 6.07) is 0.230. The molecule has 2 N–H and O–H groups in total. The van der Waals surface area contributed by atoms with E-state index in [1.54, 1.807) is 7.05 Å². The van der Waals surface area contributed by atoms with Gasteiger partial charge >= 0.3 is 5.97 Å². The highest BCUT2D eigenvalue weighted by Gasteiger charge is 2.30. The van der Waals surface area contributed by atoms with Crippen molar-refractivity contribution in [1.82, 2.24) is 14.2 Å². The Kier molecular flexibility index (Phi) is 5.34. The second kappa shape index (κ2) is 6.94. The molecule has 2 atom stereocenters. The summed E-state index contributed by atoms with van der Waals surface area (Å²) in [5, 5.41) is 11.2. The van der Waals surface area contributed by atoms with Crippen molar-refractivity contribution in [1.29, 1.82) is 0 Å². The number of nitrogens with one attached hydrogen (secondary N) is 1. The van der Waals surface area contributed by atoms with Crippen LogP contribution in [0.1, 0.15) is 37.2 Å². The van der Waals surface area contributed by atoms with Crippen LogP contribution >= 0.6 is 0 Å². The van der Waals surface area contributed by atoms with Crippen LogP contribution in [0, 0.1) is 5.92 Å². The number of aliphatic carboxylic acids is 1. The summed E-state index contributed by atoms with van der Waals surface area (Å²) in [6.07, 6.45) is 3.20. The number of aryl methyl sites for hydroxylation is 1. The summed E-state index contributed by atoms with van der Waals surface area (Å²) in [5.74, 6) is -1.48. The predicted octanol–water partition coefficient (Wildman–Crippen LogP) is 0.649. The molecule has 8 nitrogen and oxygen atoms in total. The number of carboxylic acid groups (broad SMARTS) is 1. The number of carboxylic acids is 1. The second-order valence-corrected chi connectivity index (χ2v) is 8.25. The van der Waals surface area contributed by atoms with E-state index in [0.717, 1.165) is 12.8 Å². The molecule has 0 aliphatic carbocycles. The van der Waals surface area contributed by atoms with E-state index in [-0.39, 0.29) is 10.6 Å². The molecule has 0 aromatic carbocycles. The predicted molar refractivity (Wildman–Crippen MR) is 87.1 cm³/mol. The number of nitrogens with zero attached hydrogens (tertiary/aromatic N) is 2. The molecule has 0 spiro atoms. The van der Waals surface area contributed by atoms with Crippen LogP contribution in [0.2, 0.25) is 0 Å². The van der Waals surface area contributed by atoms with Crippen LogP contribution in [-0.2, 0) is 21.9 Å². The Bertz CT molecular complexity index is 740. The SMILES string of the molecule is CC1CCCN(S(=O)(=O)c2cc(C(=O)N[C@@H](C)C(=O)O)n(C)c2)C1. The lowest BCUT2D eigenvalue weighted by Gasteiger charge is -2.29. The van der Waals surface area contributed by atoms with Gasteiger partial charge < -0.3 is 15.0 Å². The molecule has 1 saturated heterocycles. The van der Waals surface area contributed by atoms with E-state index >= 15 is 0 Å². The van der Waals surface area contributed by atoms with Crippen molar-refractivity contribution in [3.8, 4) is 0 Å². The van der Waals surface area contributed by atoms with Crippen molar-refractivity contribution in [2.45, 2.75) is 37.6 Å². The normalized spacial score (nSPS) is 20.5. The van der Waals surface area contributed by atoms with Gasteiger partial charge in [0.2, 0.25) is 10.0 Å². The van der Waals surface area contributed by atoms with E-state index in [2.05, 4.69) is 5.32 Å². The van der Waals surface area contributed by atoms with E-state index in [1.807, 2.05) is 6.92 Å². The maximum Gasteiger partial charge on any atom is 0.325 e. The Morgan fingerprint density at radius 3 is 2.67 bits per heavy atom. The van der Waals surface area contributed by atoms with E-state index in [0.29, 0.717) is 19.0 Å². The maximum atomic E-state index is 12.7. The lowest BCUT2D eigenvalue weighted by molar-refractivity contribution is -0.138. The molecule has 0 bridgehead atoms. The smallest absolute Gasteiger partial charge is 0.325 e. The number of aromatic nitrogens is 1. The average molecular weight is 357 g/mol. The van der Waals surface area contributed by atoms with Crippen LogP contribution < -0.4 is 5.32 Å². The topological polar surface area (TPSA) is 109 Å². The molecule has 1 unspecified atom stereocenters. The highest BCUT2D eigenvalue weighted by Crippen LogP contribution is 2.24. The zero-order valence-corrected chi connectivity index (χ0v) is 14.8. The molecule has 24 heavy (non-hydrogen) atoms. The van der Waals surface area contributed by atoms with Gasteiger partial charge in [-0.15, -0.1) is 0 Å². The van der Waals surface area contributed by atoms with Gasteiger partial charge in [0.05, 0.1) is 0 Å². The van der Waals surface area contributed by atoms with Gasteiger partial charge in [0, 0.05) is 26.3 Å². The summed E-state index contributed by atoms with van der Waals surface area (Å²) < 4.78 is 28.3. The third-order valence-corrected chi connectivity index (χ3v) is 6.02. The zero-order chi connectivity index (χ0) is 18.1. The van der Waals surface area contributed by atoms with Crippen LogP contribution in [0.25, 0.3) is 0 Å². The fourth-order valence-electron chi connectivity index (χ4n) is 2.75. The molecule has 1 fully saturated rings. The lowest BCUT2D eigenvalue weighted by Crippen LogP contribution is -2.39. The lowest BCUT2D eigenvalue weighted by atomic mass is 10.0. The fourth-order valence-corrected chi connectivity index (χ4v) is 4.42. The number of piperidine rings is 1. The summed E-state index contributed by atoms with van der Waals surface area (Å²) in [5.41, 5.74) is 0.103. The largest absolute Gasteiger partial charge is 0.480 e. The first-order valence-electron chi connectivity index (χ1n) is 7.83. The molecular formula is C15H23N3O5S. The minimum Gasteiger partial charge on any atom is -0.480 e. The Hall–Kier alpha value is -1.87. The highest BCUT2D eigenvalue weighted by molar-refractivity contribution is 7.89. The van der Waals surface area contributed by atoms with E-state index in [9.17, 15) is 18.0 Å². The molecule has 1 amide bonds. The molecule has 0 saturated carbocycles. The standard InChI is InChI=1S/C15H23N3O5S/c1-10-5-4-6-18(8-10)24(22,23)12-7-13(17(3)9-12)14(19)16-11(2)15(20)21/h7,9-11H,4-6,8H2,1-3H3,(H,16,19)(H,20,21)/t10?,11-/m0/s1. The van der Waals surface area contributed by atoms with Crippen molar-refractivity contribution < 1.29 is 23.1 Å². The van der Waals surface area contributed by atoms with Crippen molar-refractivity contribution in [3.63, 3.8) is 0 Å². The summed E-state index contributed by atoms with van der Waals surface area (Å²) in [6.45, 7) is 4.29. The minimum atomic E-state index is -3.66. The number of sulfonamides is 1. The van der Waals surface area contributed by atoms with Crippen molar-refractivity contribution >= 4 is 21.9 Å². The monoisotopic (exact) mass is 357 g/mol. The van der Waals surface area contributed by atoms with Crippen LogP contribution in [0.5, 0.6) is 0 Å². The molecule has 1 aromatic heterocycles. The van der Waals surface area contributed by atoms with Crippen molar-refractivity contribution in [3.05, 3.63) is 18.0 Å². The fraction of sp³-hybridized carbons (Fsp3) is 0.600. The Labute approximate surface area is 141 Å². The summed E-state index contributed by atoms with van der Waals surface area (Å²) in [4.78, 5) is 23.0. The summed E-state index contributed by atoms with van der Waals surface area (Å²) >= 11 is 0. The van der Waals surface area contributed by atoms with Crippen molar-refractivity contribution in [2.24, 2.45) is 13.0 Å². The zero-order valence-electron chi connectivity index (χ0n) is 14.0. The first-order valence-corrected chi connectivity index (χ1v) is 9.27. The number of carbonyl (C=O) groups excluding carboxylic acids is 1. The van der Waals surface area contributed by atoms with Crippen LogP contribution in [-0.4, -0.2) is 53.4 Å². The molecule has 2 heterocycles. The third kappa shape index (κ3) is 3.78. The van der Waals surface area contributed by atoms with Crippen LogP contribution in [0.3, 0.4) is 0 Å². The van der Waals surface area contributed by atoms with Gasteiger partial charge in [-0.3, -0.25) is 9.59 Å². The number of rotatable bonds is 5. The van der Waals surface area contributed by atoms with E-state index in [1.165, 1.54) is 28.1 Å². The first-order chi connectivity index (χ1) is 11.1. The molecule has 1 aliphatic heterocycles. The molecule has 1 aromatic rings. The summed E-state index contributed by atoms with van der Waals surface area (Å²) in [7, 11) is -2.10. The van der Waals surface area contributed by atoms with Gasteiger partial charge in [-0.2, -0.15) is 4.31 Å².